The number of nitrogen functional groups attached to an aromatic ring is 1. The zero-order valence-electron chi connectivity index (χ0n) is 11.0. The van der Waals surface area contributed by atoms with Crippen molar-refractivity contribution < 1.29 is 9.18 Å². The van der Waals surface area contributed by atoms with Gasteiger partial charge < -0.3 is 11.5 Å². The van der Waals surface area contributed by atoms with E-state index in [2.05, 4.69) is 6.92 Å². The molecule has 1 amide bonds. The van der Waals surface area contributed by atoms with Crippen molar-refractivity contribution >= 4 is 23.4 Å². The fraction of sp³-hybridized carbons (Fsp3) is 0.500. The summed E-state index contributed by atoms with van der Waals surface area (Å²) in [6.45, 7) is 2.22. The maximum atomic E-state index is 13.9. The van der Waals surface area contributed by atoms with Crippen molar-refractivity contribution in [2.75, 3.05) is 5.73 Å². The van der Waals surface area contributed by atoms with Crippen molar-refractivity contribution in [2.45, 2.75) is 42.8 Å². The molecule has 0 aliphatic heterocycles. The number of hydrogen-bond acceptors (Lipinski definition) is 3. The van der Waals surface area contributed by atoms with Gasteiger partial charge in [-0.3, -0.25) is 4.79 Å². The van der Waals surface area contributed by atoms with Crippen LogP contribution in [0.4, 0.5) is 10.1 Å². The molecule has 0 heterocycles. The van der Waals surface area contributed by atoms with Gasteiger partial charge in [0.1, 0.15) is 5.82 Å². The van der Waals surface area contributed by atoms with Crippen molar-refractivity contribution in [3.63, 3.8) is 0 Å². The van der Waals surface area contributed by atoms with Crippen LogP contribution in [0.5, 0.6) is 0 Å². The molecule has 1 aliphatic rings. The predicted octanol–water partition coefficient (Wildman–Crippen LogP) is 3.18. The molecule has 0 radical (unpaired) electrons. The summed E-state index contributed by atoms with van der Waals surface area (Å²) >= 11 is 1.50. The number of rotatable bonds is 3. The molecule has 0 spiro atoms. The van der Waals surface area contributed by atoms with Crippen LogP contribution >= 0.6 is 11.8 Å². The van der Waals surface area contributed by atoms with E-state index in [9.17, 15) is 9.18 Å². The SMILES string of the molecule is CC1CCCC(Sc2cc(C(N)=O)c(N)cc2F)C1. The molecule has 1 fully saturated rings. The van der Waals surface area contributed by atoms with E-state index in [0.29, 0.717) is 16.1 Å². The van der Waals surface area contributed by atoms with E-state index in [4.69, 9.17) is 11.5 Å². The Morgan fingerprint density at radius 2 is 2.16 bits per heavy atom. The number of primary amides is 1. The van der Waals surface area contributed by atoms with Gasteiger partial charge in [-0.05, 0) is 30.9 Å². The lowest BCUT2D eigenvalue weighted by atomic mass is 9.91. The van der Waals surface area contributed by atoms with Crippen LogP contribution in [0.2, 0.25) is 0 Å². The molecular weight excluding hydrogens is 263 g/mol. The maximum Gasteiger partial charge on any atom is 0.250 e. The molecule has 1 aliphatic carbocycles. The number of nitrogens with two attached hydrogens (primary N) is 2. The van der Waals surface area contributed by atoms with E-state index in [1.165, 1.54) is 36.7 Å². The lowest BCUT2D eigenvalue weighted by Gasteiger charge is -2.26. The monoisotopic (exact) mass is 282 g/mol. The third kappa shape index (κ3) is 3.41. The molecule has 1 saturated carbocycles. The van der Waals surface area contributed by atoms with Gasteiger partial charge in [0.15, 0.2) is 0 Å². The van der Waals surface area contributed by atoms with Crippen molar-refractivity contribution in [3.05, 3.63) is 23.5 Å². The fourth-order valence-corrected chi connectivity index (χ4v) is 3.96. The molecule has 0 saturated heterocycles. The van der Waals surface area contributed by atoms with E-state index < -0.39 is 5.91 Å². The molecule has 0 aromatic heterocycles. The first-order valence-corrected chi connectivity index (χ1v) is 7.40. The summed E-state index contributed by atoms with van der Waals surface area (Å²) < 4.78 is 13.9. The first-order chi connectivity index (χ1) is 8.97. The van der Waals surface area contributed by atoms with Crippen molar-refractivity contribution in [1.29, 1.82) is 0 Å². The molecule has 19 heavy (non-hydrogen) atoms. The first kappa shape index (κ1) is 14.2. The van der Waals surface area contributed by atoms with Gasteiger partial charge in [0.05, 0.1) is 5.56 Å². The number of carbonyl (C=O) groups is 1. The van der Waals surface area contributed by atoms with Gasteiger partial charge in [-0.2, -0.15) is 0 Å². The smallest absolute Gasteiger partial charge is 0.250 e. The number of anilines is 1. The Bertz CT molecular complexity index is 493. The van der Waals surface area contributed by atoms with Gasteiger partial charge in [-0.15, -0.1) is 11.8 Å². The molecule has 104 valence electrons. The zero-order valence-corrected chi connectivity index (χ0v) is 11.8. The van der Waals surface area contributed by atoms with Gasteiger partial charge in [0, 0.05) is 15.8 Å². The summed E-state index contributed by atoms with van der Waals surface area (Å²) in [5.74, 6) is -0.305. The van der Waals surface area contributed by atoms with E-state index in [-0.39, 0.29) is 17.1 Å². The highest BCUT2D eigenvalue weighted by molar-refractivity contribution is 8.00. The number of thioether (sulfide) groups is 1. The summed E-state index contributed by atoms with van der Waals surface area (Å²) in [5, 5.41) is 0.405. The average molecular weight is 282 g/mol. The van der Waals surface area contributed by atoms with Gasteiger partial charge in [0.25, 0.3) is 5.91 Å². The van der Waals surface area contributed by atoms with Crippen LogP contribution in [0.25, 0.3) is 0 Å². The number of carbonyl (C=O) groups excluding carboxylic acids is 1. The molecule has 5 heteroatoms. The van der Waals surface area contributed by atoms with Gasteiger partial charge in [0.2, 0.25) is 0 Å². The van der Waals surface area contributed by atoms with E-state index in [1.54, 1.807) is 0 Å². The van der Waals surface area contributed by atoms with Crippen LogP contribution in [0, 0.1) is 11.7 Å². The highest BCUT2D eigenvalue weighted by Gasteiger charge is 2.22. The second kappa shape index (κ2) is 5.82. The third-order valence-corrected chi connectivity index (χ3v) is 4.88. The summed E-state index contributed by atoms with van der Waals surface area (Å²) in [7, 11) is 0. The lowest BCUT2D eigenvalue weighted by Crippen LogP contribution is -2.16. The molecule has 3 nitrogen and oxygen atoms in total. The minimum atomic E-state index is -0.614. The minimum absolute atomic E-state index is 0.103. The second-order valence-corrected chi connectivity index (χ2v) is 6.59. The van der Waals surface area contributed by atoms with Crippen LogP contribution in [0.1, 0.15) is 43.0 Å². The van der Waals surface area contributed by atoms with E-state index >= 15 is 0 Å². The topological polar surface area (TPSA) is 69.1 Å². The Morgan fingerprint density at radius 3 is 2.79 bits per heavy atom. The third-order valence-electron chi connectivity index (χ3n) is 3.55. The Morgan fingerprint density at radius 1 is 1.42 bits per heavy atom. The summed E-state index contributed by atoms with van der Waals surface area (Å²) in [6, 6.07) is 2.67. The highest BCUT2D eigenvalue weighted by atomic mass is 32.2. The molecular formula is C14H19FN2OS. The van der Waals surface area contributed by atoms with Crippen LogP contribution in [-0.4, -0.2) is 11.2 Å². The van der Waals surface area contributed by atoms with Gasteiger partial charge in [-0.25, -0.2) is 4.39 Å². The summed E-state index contributed by atoms with van der Waals surface area (Å²) in [6.07, 6.45) is 4.59. The largest absolute Gasteiger partial charge is 0.398 e. The second-order valence-electron chi connectivity index (χ2n) is 5.25. The van der Waals surface area contributed by atoms with E-state index in [0.717, 1.165) is 12.8 Å². The first-order valence-electron chi connectivity index (χ1n) is 6.53. The molecule has 2 unspecified atom stereocenters. The summed E-state index contributed by atoms with van der Waals surface area (Å²) in [4.78, 5) is 11.7. The molecule has 0 bridgehead atoms. The normalized spacial score (nSPS) is 23.3. The minimum Gasteiger partial charge on any atom is -0.398 e. The summed E-state index contributed by atoms with van der Waals surface area (Å²) in [5.41, 5.74) is 11.1. The van der Waals surface area contributed by atoms with Gasteiger partial charge >= 0.3 is 0 Å². The van der Waals surface area contributed by atoms with Crippen molar-refractivity contribution in [2.24, 2.45) is 11.7 Å². The Balaban J connectivity index is 2.19. The molecule has 2 rings (SSSR count). The lowest BCUT2D eigenvalue weighted by molar-refractivity contribution is 0.100. The number of amides is 1. The fourth-order valence-electron chi connectivity index (χ4n) is 2.54. The Labute approximate surface area is 116 Å². The molecule has 1 aromatic rings. The van der Waals surface area contributed by atoms with Crippen LogP contribution in [0.3, 0.4) is 0 Å². The average Bonchev–Trinajstić information content (AvgIpc) is 2.32. The molecule has 4 N–H and O–H groups in total. The molecule has 1 aromatic carbocycles. The number of halogens is 1. The number of hydrogen-bond donors (Lipinski definition) is 2. The Kier molecular flexibility index (Phi) is 4.34. The molecule has 2 atom stereocenters. The standard InChI is InChI=1S/C14H19FN2OS/c1-8-3-2-4-9(5-8)19-13-6-10(14(17)18)12(16)7-11(13)15/h6-9H,2-5,16H2,1H3,(H2,17,18). The van der Waals surface area contributed by atoms with Crippen LogP contribution in [-0.2, 0) is 0 Å². The maximum absolute atomic E-state index is 13.9. The zero-order chi connectivity index (χ0) is 14.0. The Hall–Kier alpha value is -1.23. The quantitative estimate of drug-likeness (QED) is 0.837. The number of benzene rings is 1. The highest BCUT2D eigenvalue weighted by Crippen LogP contribution is 2.38. The van der Waals surface area contributed by atoms with Crippen molar-refractivity contribution in [1.82, 2.24) is 0 Å². The van der Waals surface area contributed by atoms with E-state index in [1.807, 2.05) is 0 Å². The van der Waals surface area contributed by atoms with Gasteiger partial charge in [-0.1, -0.05) is 19.8 Å². The predicted molar refractivity (Wildman–Crippen MR) is 76.6 cm³/mol. The van der Waals surface area contributed by atoms with Crippen LogP contribution in [0.15, 0.2) is 17.0 Å². The van der Waals surface area contributed by atoms with Crippen LogP contribution < -0.4 is 11.5 Å². The van der Waals surface area contributed by atoms with Crippen molar-refractivity contribution in [3.8, 4) is 0 Å².